The van der Waals surface area contributed by atoms with E-state index in [9.17, 15) is 0 Å². The number of hydrogen-bond acceptors (Lipinski definition) is 0. The van der Waals surface area contributed by atoms with Crippen molar-refractivity contribution in [1.82, 2.24) is 0 Å². The van der Waals surface area contributed by atoms with Gasteiger partial charge in [-0.1, -0.05) is 67.9 Å². The van der Waals surface area contributed by atoms with Gasteiger partial charge in [0, 0.05) is 5.92 Å². The zero-order valence-electron chi connectivity index (χ0n) is 12.8. The minimum atomic E-state index is 1.03. The molecule has 0 saturated heterocycles. The first kappa shape index (κ1) is 17.0. The van der Waals surface area contributed by atoms with E-state index in [2.05, 4.69) is 71.1 Å². The molecule has 0 aromatic heterocycles. The number of unbranched alkanes of at least 4 members (excludes halogenated alkanes) is 1. The second-order valence-corrected chi connectivity index (χ2v) is 4.78. The monoisotopic (exact) mass is 245 g/mol. The molecule has 1 radical (unpaired) electrons. The average molecular weight is 245 g/mol. The summed E-state index contributed by atoms with van der Waals surface area (Å²) in [5.74, 6) is 1.36. The largest absolute Gasteiger partial charge is 0.0913 e. The van der Waals surface area contributed by atoms with E-state index in [0.29, 0.717) is 0 Å². The van der Waals surface area contributed by atoms with Gasteiger partial charge in [0.2, 0.25) is 0 Å². The van der Waals surface area contributed by atoms with E-state index < -0.39 is 0 Å². The van der Waals surface area contributed by atoms with E-state index in [0.717, 1.165) is 19.3 Å². The average Bonchev–Trinajstić information content (AvgIpc) is 2.33. The van der Waals surface area contributed by atoms with Crippen LogP contribution in [0, 0.1) is 5.92 Å². The highest BCUT2D eigenvalue weighted by Crippen LogP contribution is 2.23. The quantitative estimate of drug-likeness (QED) is 0.447. The Morgan fingerprint density at radius 3 is 2.28 bits per heavy atom. The second kappa shape index (κ2) is 11.1. The zero-order valence-corrected chi connectivity index (χ0v) is 12.8. The Kier molecular flexibility index (Phi) is 10.4. The van der Waals surface area contributed by atoms with Gasteiger partial charge in [0.05, 0.1) is 0 Å². The Labute approximate surface area is 114 Å². The normalized spacial score (nSPS) is 12.9. The smallest absolute Gasteiger partial charge is 0.0440 e. The Morgan fingerprint density at radius 1 is 1.06 bits per heavy atom. The molecular formula is C18H29. The van der Waals surface area contributed by atoms with Gasteiger partial charge in [-0.3, -0.25) is 0 Å². The molecule has 0 aliphatic carbocycles. The van der Waals surface area contributed by atoms with Gasteiger partial charge in [-0.2, -0.15) is 0 Å². The van der Waals surface area contributed by atoms with Gasteiger partial charge in [-0.05, 0) is 40.0 Å². The van der Waals surface area contributed by atoms with Gasteiger partial charge < -0.3 is 0 Å². The van der Waals surface area contributed by atoms with E-state index in [1.807, 2.05) is 0 Å². The summed E-state index contributed by atoms with van der Waals surface area (Å²) in [4.78, 5) is 0. The highest BCUT2D eigenvalue weighted by atomic mass is 14.1. The molecule has 0 spiro atoms. The summed E-state index contributed by atoms with van der Waals surface area (Å²) < 4.78 is 0. The molecule has 0 fully saturated rings. The maximum atomic E-state index is 2.34. The van der Waals surface area contributed by atoms with E-state index in [-0.39, 0.29) is 0 Å². The SMILES string of the molecule is CC=CCC(=CCC)[C](C=CCCC)C=C(C)C. The summed E-state index contributed by atoms with van der Waals surface area (Å²) in [5.41, 5.74) is 2.79. The van der Waals surface area contributed by atoms with Crippen molar-refractivity contribution < 1.29 is 0 Å². The van der Waals surface area contributed by atoms with Gasteiger partial charge in [-0.25, -0.2) is 0 Å². The Morgan fingerprint density at radius 2 is 1.78 bits per heavy atom. The highest BCUT2D eigenvalue weighted by molar-refractivity contribution is 5.43. The molecule has 0 aromatic rings. The van der Waals surface area contributed by atoms with Crippen molar-refractivity contribution in [2.75, 3.05) is 0 Å². The van der Waals surface area contributed by atoms with E-state index in [1.54, 1.807) is 0 Å². The Bertz CT molecular complexity index is 309. The second-order valence-electron chi connectivity index (χ2n) is 4.78. The lowest BCUT2D eigenvalue weighted by Gasteiger charge is -2.12. The molecule has 101 valence electrons. The number of allylic oxidation sites excluding steroid dienone is 8. The minimum absolute atomic E-state index is 1.03. The first-order valence-corrected chi connectivity index (χ1v) is 7.14. The summed E-state index contributed by atoms with van der Waals surface area (Å²) in [6.45, 7) is 10.8. The van der Waals surface area contributed by atoms with Crippen LogP contribution in [0.2, 0.25) is 0 Å². The fourth-order valence-electron chi connectivity index (χ4n) is 1.75. The van der Waals surface area contributed by atoms with Crippen LogP contribution in [0.3, 0.4) is 0 Å². The molecule has 0 saturated carbocycles. The molecule has 0 bridgehead atoms. The summed E-state index contributed by atoms with van der Waals surface area (Å²) in [5, 5.41) is 0. The Balaban J connectivity index is 4.98. The molecule has 0 heterocycles. The third-order valence-electron chi connectivity index (χ3n) is 2.59. The van der Waals surface area contributed by atoms with Crippen LogP contribution in [0.1, 0.15) is 60.3 Å². The first-order chi connectivity index (χ1) is 8.65. The fourth-order valence-corrected chi connectivity index (χ4v) is 1.75. The molecule has 0 N–H and O–H groups in total. The molecule has 0 nitrogen and oxygen atoms in total. The molecule has 0 aromatic carbocycles. The topological polar surface area (TPSA) is 0 Å². The number of rotatable bonds is 8. The van der Waals surface area contributed by atoms with E-state index >= 15 is 0 Å². The van der Waals surface area contributed by atoms with Crippen molar-refractivity contribution >= 4 is 0 Å². The first-order valence-electron chi connectivity index (χ1n) is 7.14. The predicted octanol–water partition coefficient (Wildman–Crippen LogP) is 6.19. The Hall–Kier alpha value is -1.04. The van der Waals surface area contributed by atoms with Crippen LogP contribution in [-0.2, 0) is 0 Å². The summed E-state index contributed by atoms with van der Waals surface area (Å²) in [7, 11) is 0. The fraction of sp³-hybridized carbons (Fsp3) is 0.500. The lowest BCUT2D eigenvalue weighted by molar-refractivity contribution is 0.954. The predicted molar refractivity (Wildman–Crippen MR) is 84.5 cm³/mol. The van der Waals surface area contributed by atoms with Crippen LogP contribution in [-0.4, -0.2) is 0 Å². The molecule has 0 amide bonds. The van der Waals surface area contributed by atoms with Crippen LogP contribution in [0.4, 0.5) is 0 Å². The maximum Gasteiger partial charge on any atom is 0.0440 e. The molecule has 0 rings (SSSR count). The molecule has 0 unspecified atom stereocenters. The number of hydrogen-bond donors (Lipinski definition) is 0. The van der Waals surface area contributed by atoms with Crippen molar-refractivity contribution in [2.45, 2.75) is 60.3 Å². The van der Waals surface area contributed by atoms with Crippen molar-refractivity contribution in [3.05, 3.63) is 53.5 Å². The highest BCUT2D eigenvalue weighted by Gasteiger charge is 2.07. The minimum Gasteiger partial charge on any atom is -0.0913 e. The standard InChI is InChI=1S/C18H29/c1-6-9-11-14-18(15-16(4)5)17(12-8-3)13-10-7-2/h7,10-12,14-15H,6,8-9,13H2,1-5H3. The van der Waals surface area contributed by atoms with Gasteiger partial charge >= 0.3 is 0 Å². The van der Waals surface area contributed by atoms with Crippen molar-refractivity contribution in [3.8, 4) is 0 Å². The molecule has 0 heteroatoms. The van der Waals surface area contributed by atoms with Crippen LogP contribution in [0.5, 0.6) is 0 Å². The van der Waals surface area contributed by atoms with E-state index in [4.69, 9.17) is 0 Å². The molecule has 0 aliphatic rings. The third-order valence-corrected chi connectivity index (χ3v) is 2.59. The molecule has 0 aliphatic heterocycles. The summed E-state index contributed by atoms with van der Waals surface area (Å²) in [6.07, 6.45) is 18.0. The summed E-state index contributed by atoms with van der Waals surface area (Å²) in [6, 6.07) is 0. The van der Waals surface area contributed by atoms with Crippen molar-refractivity contribution in [1.29, 1.82) is 0 Å². The van der Waals surface area contributed by atoms with Crippen molar-refractivity contribution in [3.63, 3.8) is 0 Å². The molecule has 18 heavy (non-hydrogen) atoms. The molecular weight excluding hydrogens is 216 g/mol. The molecule has 0 atom stereocenters. The van der Waals surface area contributed by atoms with Crippen LogP contribution in [0.15, 0.2) is 47.6 Å². The lowest BCUT2D eigenvalue weighted by atomic mass is 9.92. The van der Waals surface area contributed by atoms with Gasteiger partial charge in [0.1, 0.15) is 0 Å². The summed E-state index contributed by atoms with van der Waals surface area (Å²) >= 11 is 0. The maximum absolute atomic E-state index is 2.34. The van der Waals surface area contributed by atoms with Crippen LogP contribution >= 0.6 is 0 Å². The van der Waals surface area contributed by atoms with Gasteiger partial charge in [-0.15, -0.1) is 0 Å². The van der Waals surface area contributed by atoms with E-state index in [1.165, 1.54) is 23.5 Å². The van der Waals surface area contributed by atoms with Gasteiger partial charge in [0.15, 0.2) is 0 Å². The zero-order chi connectivity index (χ0) is 13.8. The van der Waals surface area contributed by atoms with Crippen molar-refractivity contribution in [2.24, 2.45) is 0 Å². The van der Waals surface area contributed by atoms with Gasteiger partial charge in [0.25, 0.3) is 0 Å². The van der Waals surface area contributed by atoms with Crippen LogP contribution < -0.4 is 0 Å². The lowest BCUT2D eigenvalue weighted by Crippen LogP contribution is -1.96. The van der Waals surface area contributed by atoms with Crippen LogP contribution in [0.25, 0.3) is 0 Å². The third kappa shape index (κ3) is 8.11.